The molecule has 0 aliphatic heterocycles. The first-order valence-electron chi connectivity index (χ1n) is 7.39. The molecule has 0 saturated heterocycles. The zero-order valence-electron chi connectivity index (χ0n) is 13.1. The van der Waals surface area contributed by atoms with E-state index in [0.29, 0.717) is 18.1 Å². The standard InChI is InChI=1S/C18H16N2O4/c1-22-11-14-9-5-6-10-15(14)18(21)23-12-16-19-20-17(24-16)13-7-3-2-4-8-13/h2-10H,11-12H2,1H3. The van der Waals surface area contributed by atoms with Crippen LogP contribution in [0.25, 0.3) is 11.5 Å². The summed E-state index contributed by atoms with van der Waals surface area (Å²) in [6, 6.07) is 16.5. The number of methoxy groups -OCH3 is 1. The van der Waals surface area contributed by atoms with Crippen molar-refractivity contribution in [1.29, 1.82) is 0 Å². The van der Waals surface area contributed by atoms with Crippen LogP contribution >= 0.6 is 0 Å². The molecule has 0 unspecified atom stereocenters. The third-order valence-electron chi connectivity index (χ3n) is 3.35. The first-order valence-corrected chi connectivity index (χ1v) is 7.39. The van der Waals surface area contributed by atoms with Crippen LogP contribution in [0.5, 0.6) is 0 Å². The molecule has 1 aromatic heterocycles. The molecule has 122 valence electrons. The van der Waals surface area contributed by atoms with E-state index in [1.807, 2.05) is 42.5 Å². The summed E-state index contributed by atoms with van der Waals surface area (Å²) in [5.74, 6) is 0.176. The minimum atomic E-state index is -0.456. The average Bonchev–Trinajstić information content (AvgIpc) is 3.10. The van der Waals surface area contributed by atoms with Crippen LogP contribution in [0.4, 0.5) is 0 Å². The number of hydrogen-bond donors (Lipinski definition) is 0. The maximum Gasteiger partial charge on any atom is 0.339 e. The van der Waals surface area contributed by atoms with Gasteiger partial charge in [-0.3, -0.25) is 0 Å². The highest BCUT2D eigenvalue weighted by atomic mass is 16.5. The van der Waals surface area contributed by atoms with Crippen molar-refractivity contribution in [2.24, 2.45) is 0 Å². The van der Waals surface area contributed by atoms with Crippen LogP contribution in [-0.4, -0.2) is 23.3 Å². The number of ether oxygens (including phenoxy) is 2. The molecule has 0 saturated carbocycles. The van der Waals surface area contributed by atoms with E-state index >= 15 is 0 Å². The van der Waals surface area contributed by atoms with Gasteiger partial charge in [0.15, 0.2) is 6.61 Å². The number of aromatic nitrogens is 2. The fourth-order valence-corrected chi connectivity index (χ4v) is 2.22. The van der Waals surface area contributed by atoms with E-state index in [-0.39, 0.29) is 12.5 Å². The van der Waals surface area contributed by atoms with E-state index < -0.39 is 5.97 Å². The lowest BCUT2D eigenvalue weighted by Crippen LogP contribution is -2.09. The molecule has 3 rings (SSSR count). The van der Waals surface area contributed by atoms with Crippen LogP contribution < -0.4 is 0 Å². The highest BCUT2D eigenvalue weighted by molar-refractivity contribution is 5.91. The van der Waals surface area contributed by atoms with Crippen LogP contribution in [0.1, 0.15) is 21.8 Å². The quantitative estimate of drug-likeness (QED) is 0.648. The Kier molecular flexibility index (Phi) is 4.98. The molecule has 0 atom stereocenters. The fourth-order valence-electron chi connectivity index (χ4n) is 2.22. The Morgan fingerprint density at radius 2 is 1.75 bits per heavy atom. The van der Waals surface area contributed by atoms with Gasteiger partial charge in [0, 0.05) is 12.7 Å². The molecule has 1 heterocycles. The van der Waals surface area contributed by atoms with Crippen molar-refractivity contribution in [3.8, 4) is 11.5 Å². The lowest BCUT2D eigenvalue weighted by molar-refractivity contribution is 0.0434. The first kappa shape index (κ1) is 15.9. The Bertz CT molecular complexity index is 815. The lowest BCUT2D eigenvalue weighted by Gasteiger charge is -2.07. The van der Waals surface area contributed by atoms with Crippen LogP contribution in [-0.2, 0) is 22.7 Å². The molecule has 3 aromatic rings. The monoisotopic (exact) mass is 324 g/mol. The molecule has 2 aromatic carbocycles. The minimum absolute atomic E-state index is 0.0833. The number of nitrogens with zero attached hydrogens (tertiary/aromatic N) is 2. The molecular formula is C18H16N2O4. The molecule has 6 nitrogen and oxygen atoms in total. The maximum atomic E-state index is 12.2. The number of benzene rings is 2. The number of rotatable bonds is 6. The predicted octanol–water partition coefficient (Wildman–Crippen LogP) is 3.24. The number of hydrogen-bond acceptors (Lipinski definition) is 6. The second kappa shape index (κ2) is 7.52. The van der Waals surface area contributed by atoms with Gasteiger partial charge in [0.25, 0.3) is 5.89 Å². The number of carbonyl (C=O) groups is 1. The summed E-state index contributed by atoms with van der Waals surface area (Å²) in [7, 11) is 1.58. The Morgan fingerprint density at radius 1 is 1.00 bits per heavy atom. The highest BCUT2D eigenvalue weighted by Crippen LogP contribution is 2.18. The SMILES string of the molecule is COCc1ccccc1C(=O)OCc1nnc(-c2ccccc2)o1. The summed E-state index contributed by atoms with van der Waals surface area (Å²) < 4.78 is 15.9. The molecule has 0 aliphatic carbocycles. The van der Waals surface area contributed by atoms with Crippen molar-refractivity contribution in [2.45, 2.75) is 13.2 Å². The number of carbonyl (C=O) groups excluding carboxylic acids is 1. The summed E-state index contributed by atoms with van der Waals surface area (Å²) >= 11 is 0. The van der Waals surface area contributed by atoms with Crippen molar-refractivity contribution in [1.82, 2.24) is 10.2 Å². The average molecular weight is 324 g/mol. The van der Waals surface area contributed by atoms with Gasteiger partial charge in [-0.2, -0.15) is 0 Å². The van der Waals surface area contributed by atoms with E-state index in [1.165, 1.54) is 0 Å². The highest BCUT2D eigenvalue weighted by Gasteiger charge is 2.15. The van der Waals surface area contributed by atoms with Crippen molar-refractivity contribution in [3.63, 3.8) is 0 Å². The maximum absolute atomic E-state index is 12.2. The van der Waals surface area contributed by atoms with Gasteiger partial charge >= 0.3 is 5.97 Å². The topological polar surface area (TPSA) is 74.5 Å². The summed E-state index contributed by atoms with van der Waals surface area (Å²) in [6.07, 6.45) is 0. The van der Waals surface area contributed by atoms with E-state index in [1.54, 1.807) is 19.2 Å². The second-order valence-corrected chi connectivity index (χ2v) is 5.03. The van der Waals surface area contributed by atoms with Crippen LogP contribution in [0, 0.1) is 0 Å². The largest absolute Gasteiger partial charge is 0.452 e. The molecule has 6 heteroatoms. The lowest BCUT2D eigenvalue weighted by atomic mass is 10.1. The third kappa shape index (κ3) is 3.67. The normalized spacial score (nSPS) is 10.5. The molecule has 0 spiro atoms. The van der Waals surface area contributed by atoms with Gasteiger partial charge in [-0.15, -0.1) is 10.2 Å². The van der Waals surface area contributed by atoms with Crippen molar-refractivity contribution in [3.05, 3.63) is 71.6 Å². The molecule has 0 aliphatic rings. The van der Waals surface area contributed by atoms with E-state index in [9.17, 15) is 4.79 Å². The van der Waals surface area contributed by atoms with Crippen molar-refractivity contribution in [2.75, 3.05) is 7.11 Å². The van der Waals surface area contributed by atoms with E-state index in [4.69, 9.17) is 13.9 Å². The summed E-state index contributed by atoms with van der Waals surface area (Å²) in [4.78, 5) is 12.2. The minimum Gasteiger partial charge on any atom is -0.452 e. The van der Waals surface area contributed by atoms with Crippen molar-refractivity contribution < 1.29 is 18.7 Å². The molecule has 0 radical (unpaired) electrons. The van der Waals surface area contributed by atoms with Gasteiger partial charge in [0.1, 0.15) is 0 Å². The Morgan fingerprint density at radius 3 is 2.54 bits per heavy atom. The fraction of sp³-hybridized carbons (Fsp3) is 0.167. The van der Waals surface area contributed by atoms with Crippen LogP contribution in [0.15, 0.2) is 59.0 Å². The molecule has 0 amide bonds. The van der Waals surface area contributed by atoms with Gasteiger partial charge in [-0.25, -0.2) is 4.79 Å². The predicted molar refractivity (Wildman–Crippen MR) is 86.0 cm³/mol. The van der Waals surface area contributed by atoms with Gasteiger partial charge in [0.05, 0.1) is 12.2 Å². The van der Waals surface area contributed by atoms with Crippen LogP contribution in [0.3, 0.4) is 0 Å². The van der Waals surface area contributed by atoms with Gasteiger partial charge in [-0.05, 0) is 23.8 Å². The Labute approximate surface area is 139 Å². The molecule has 0 fully saturated rings. The molecule has 0 bridgehead atoms. The molecule has 24 heavy (non-hydrogen) atoms. The summed E-state index contributed by atoms with van der Waals surface area (Å²) in [6.45, 7) is 0.254. The van der Waals surface area contributed by atoms with Gasteiger partial charge in [0.2, 0.25) is 5.89 Å². The smallest absolute Gasteiger partial charge is 0.339 e. The Hall–Kier alpha value is -2.99. The number of esters is 1. The summed E-state index contributed by atoms with van der Waals surface area (Å²) in [5.41, 5.74) is 2.04. The third-order valence-corrected chi connectivity index (χ3v) is 3.35. The van der Waals surface area contributed by atoms with E-state index in [0.717, 1.165) is 11.1 Å². The first-order chi connectivity index (χ1) is 11.8. The second-order valence-electron chi connectivity index (χ2n) is 5.03. The molecular weight excluding hydrogens is 308 g/mol. The van der Waals surface area contributed by atoms with Gasteiger partial charge in [-0.1, -0.05) is 36.4 Å². The van der Waals surface area contributed by atoms with Crippen molar-refractivity contribution >= 4 is 5.97 Å². The zero-order valence-corrected chi connectivity index (χ0v) is 13.1. The zero-order chi connectivity index (χ0) is 16.8. The van der Waals surface area contributed by atoms with Gasteiger partial charge < -0.3 is 13.9 Å². The van der Waals surface area contributed by atoms with E-state index in [2.05, 4.69) is 10.2 Å². The molecule has 0 N–H and O–H groups in total. The summed E-state index contributed by atoms with van der Waals surface area (Å²) in [5, 5.41) is 7.85. The Balaban J connectivity index is 1.66. The van der Waals surface area contributed by atoms with Crippen LogP contribution in [0.2, 0.25) is 0 Å².